The lowest BCUT2D eigenvalue weighted by atomic mass is 10.2. The smallest absolute Gasteiger partial charge is 0.224 e. The fraction of sp³-hybridized carbons (Fsp3) is 0.304. The van der Waals surface area contributed by atoms with E-state index in [1.54, 1.807) is 0 Å². The molecule has 0 spiro atoms. The molecule has 5 nitrogen and oxygen atoms in total. The van der Waals surface area contributed by atoms with Gasteiger partial charge in [0.2, 0.25) is 5.91 Å². The van der Waals surface area contributed by atoms with Gasteiger partial charge in [0.25, 0.3) is 0 Å². The summed E-state index contributed by atoms with van der Waals surface area (Å²) >= 11 is 0. The van der Waals surface area contributed by atoms with Crippen LogP contribution in [0.15, 0.2) is 67.0 Å². The molecule has 28 heavy (non-hydrogen) atoms. The number of carbonyl (C=O) groups excluding carboxylic acids is 1. The predicted octanol–water partition coefficient (Wildman–Crippen LogP) is 4.77. The zero-order chi connectivity index (χ0) is 19.2. The molecule has 1 aromatic heterocycles. The van der Waals surface area contributed by atoms with Crippen LogP contribution in [-0.2, 0) is 11.2 Å². The quantitative estimate of drug-likeness (QED) is 0.647. The molecular formula is C23H25N3O2. The van der Waals surface area contributed by atoms with Crippen molar-refractivity contribution in [3.05, 3.63) is 72.6 Å². The van der Waals surface area contributed by atoms with Crippen molar-refractivity contribution in [2.75, 3.05) is 5.32 Å². The number of carbonyl (C=O) groups is 1. The lowest BCUT2D eigenvalue weighted by molar-refractivity contribution is -0.116. The highest BCUT2D eigenvalue weighted by molar-refractivity contribution is 5.90. The van der Waals surface area contributed by atoms with Crippen molar-refractivity contribution in [3.63, 3.8) is 0 Å². The summed E-state index contributed by atoms with van der Waals surface area (Å²) in [6, 6.07) is 17.6. The van der Waals surface area contributed by atoms with Gasteiger partial charge in [-0.05, 0) is 74.1 Å². The molecule has 1 amide bonds. The third-order valence-electron chi connectivity index (χ3n) is 5.04. The molecule has 0 atom stereocenters. The minimum Gasteiger partial charge on any atom is -0.490 e. The van der Waals surface area contributed by atoms with Crippen LogP contribution in [0.2, 0.25) is 0 Å². The number of amides is 1. The number of aryl methyl sites for hydroxylation is 1. The minimum atomic E-state index is -0.00285. The Labute approximate surface area is 165 Å². The first kappa shape index (κ1) is 18.3. The van der Waals surface area contributed by atoms with E-state index in [0.717, 1.165) is 35.5 Å². The van der Waals surface area contributed by atoms with Crippen molar-refractivity contribution in [3.8, 4) is 11.4 Å². The normalized spacial score (nSPS) is 14.1. The van der Waals surface area contributed by atoms with E-state index in [1.807, 2.05) is 71.7 Å². The van der Waals surface area contributed by atoms with E-state index in [9.17, 15) is 4.79 Å². The topological polar surface area (TPSA) is 56.2 Å². The van der Waals surface area contributed by atoms with E-state index in [4.69, 9.17) is 4.74 Å². The molecule has 5 heteroatoms. The van der Waals surface area contributed by atoms with Gasteiger partial charge < -0.3 is 10.1 Å². The van der Waals surface area contributed by atoms with Gasteiger partial charge in [-0.2, -0.15) is 5.10 Å². The molecule has 3 aromatic rings. The SMILES string of the molecule is O=C(CCc1cnn(-c2ccccc2)c1)Nc1ccc(OC2CCCC2)cc1. The summed E-state index contributed by atoms with van der Waals surface area (Å²) in [5.41, 5.74) is 2.85. The van der Waals surface area contributed by atoms with Gasteiger partial charge in [-0.25, -0.2) is 4.68 Å². The van der Waals surface area contributed by atoms with Crippen molar-refractivity contribution in [1.82, 2.24) is 9.78 Å². The van der Waals surface area contributed by atoms with Crippen molar-refractivity contribution >= 4 is 11.6 Å². The van der Waals surface area contributed by atoms with Crippen LogP contribution in [0.1, 0.15) is 37.7 Å². The minimum absolute atomic E-state index is 0.00285. The Kier molecular flexibility index (Phi) is 5.71. The second-order valence-electron chi connectivity index (χ2n) is 7.23. The highest BCUT2D eigenvalue weighted by Crippen LogP contribution is 2.25. The number of hydrogen-bond donors (Lipinski definition) is 1. The zero-order valence-electron chi connectivity index (χ0n) is 15.9. The van der Waals surface area contributed by atoms with Crippen LogP contribution in [0.3, 0.4) is 0 Å². The maximum atomic E-state index is 12.3. The fourth-order valence-electron chi connectivity index (χ4n) is 3.51. The third kappa shape index (κ3) is 4.80. The highest BCUT2D eigenvalue weighted by Gasteiger charge is 2.16. The molecule has 1 saturated carbocycles. The summed E-state index contributed by atoms with van der Waals surface area (Å²) in [6.07, 6.45) is 9.98. The number of nitrogens with one attached hydrogen (secondary N) is 1. The van der Waals surface area contributed by atoms with E-state index >= 15 is 0 Å². The first-order chi connectivity index (χ1) is 13.8. The van der Waals surface area contributed by atoms with Gasteiger partial charge in [-0.15, -0.1) is 0 Å². The largest absolute Gasteiger partial charge is 0.490 e. The number of nitrogens with zero attached hydrogens (tertiary/aromatic N) is 2. The summed E-state index contributed by atoms with van der Waals surface area (Å²) in [4.78, 5) is 12.3. The van der Waals surface area contributed by atoms with Gasteiger partial charge in [0.15, 0.2) is 0 Å². The van der Waals surface area contributed by atoms with Crippen LogP contribution in [0.4, 0.5) is 5.69 Å². The van der Waals surface area contributed by atoms with Gasteiger partial charge in [0, 0.05) is 18.3 Å². The second kappa shape index (κ2) is 8.74. The summed E-state index contributed by atoms with van der Waals surface area (Å²) in [5.74, 6) is 0.871. The first-order valence-corrected chi connectivity index (χ1v) is 9.92. The average molecular weight is 375 g/mol. The monoisotopic (exact) mass is 375 g/mol. The second-order valence-corrected chi connectivity index (χ2v) is 7.23. The van der Waals surface area contributed by atoms with Gasteiger partial charge in [-0.3, -0.25) is 4.79 Å². The van der Waals surface area contributed by atoms with Crippen molar-refractivity contribution in [2.45, 2.75) is 44.6 Å². The standard InChI is InChI=1S/C23H25N3O2/c27-23(15-10-18-16-24-26(17-18)20-6-2-1-3-7-20)25-19-11-13-22(14-12-19)28-21-8-4-5-9-21/h1-3,6-7,11-14,16-17,21H,4-5,8-10,15H2,(H,25,27). The van der Waals surface area contributed by atoms with E-state index in [0.29, 0.717) is 18.9 Å². The molecular weight excluding hydrogens is 350 g/mol. The lowest BCUT2D eigenvalue weighted by Gasteiger charge is -2.13. The predicted molar refractivity (Wildman–Crippen MR) is 110 cm³/mol. The van der Waals surface area contributed by atoms with E-state index in [1.165, 1.54) is 12.8 Å². The Bertz CT molecular complexity index is 897. The number of ether oxygens (including phenoxy) is 1. The Balaban J connectivity index is 1.26. The number of hydrogen-bond acceptors (Lipinski definition) is 3. The summed E-state index contributed by atoms with van der Waals surface area (Å²) < 4.78 is 7.79. The summed E-state index contributed by atoms with van der Waals surface area (Å²) in [7, 11) is 0. The molecule has 144 valence electrons. The van der Waals surface area contributed by atoms with Gasteiger partial charge in [-0.1, -0.05) is 18.2 Å². The molecule has 1 aliphatic rings. The summed E-state index contributed by atoms with van der Waals surface area (Å²) in [6.45, 7) is 0. The molecule has 0 aliphatic heterocycles. The van der Waals surface area contributed by atoms with Crippen LogP contribution in [-0.4, -0.2) is 21.8 Å². The molecule has 0 unspecified atom stereocenters. The maximum absolute atomic E-state index is 12.3. The molecule has 1 heterocycles. The molecule has 0 saturated heterocycles. The summed E-state index contributed by atoms with van der Waals surface area (Å²) in [5, 5.41) is 7.32. The van der Waals surface area contributed by atoms with Crippen LogP contribution >= 0.6 is 0 Å². The first-order valence-electron chi connectivity index (χ1n) is 9.92. The van der Waals surface area contributed by atoms with Crippen molar-refractivity contribution in [2.24, 2.45) is 0 Å². The van der Waals surface area contributed by atoms with Crippen LogP contribution < -0.4 is 10.1 Å². The van der Waals surface area contributed by atoms with Crippen LogP contribution in [0.25, 0.3) is 5.69 Å². The molecule has 1 aliphatic carbocycles. The maximum Gasteiger partial charge on any atom is 0.224 e. The Morgan fingerprint density at radius 2 is 1.82 bits per heavy atom. The fourth-order valence-corrected chi connectivity index (χ4v) is 3.51. The third-order valence-corrected chi connectivity index (χ3v) is 5.04. The number of benzene rings is 2. The Hall–Kier alpha value is -3.08. The zero-order valence-corrected chi connectivity index (χ0v) is 15.9. The molecule has 0 bridgehead atoms. The molecule has 1 fully saturated rings. The van der Waals surface area contributed by atoms with Crippen LogP contribution in [0, 0.1) is 0 Å². The number of anilines is 1. The van der Waals surface area contributed by atoms with E-state index in [2.05, 4.69) is 10.4 Å². The van der Waals surface area contributed by atoms with Crippen LogP contribution in [0.5, 0.6) is 5.75 Å². The van der Waals surface area contributed by atoms with Gasteiger partial charge in [0.1, 0.15) is 5.75 Å². The van der Waals surface area contributed by atoms with E-state index in [-0.39, 0.29) is 5.91 Å². The van der Waals surface area contributed by atoms with Gasteiger partial charge in [0.05, 0.1) is 18.0 Å². The van der Waals surface area contributed by atoms with Crippen molar-refractivity contribution in [1.29, 1.82) is 0 Å². The number of para-hydroxylation sites is 1. The van der Waals surface area contributed by atoms with Crippen molar-refractivity contribution < 1.29 is 9.53 Å². The number of rotatable bonds is 7. The number of aromatic nitrogens is 2. The highest BCUT2D eigenvalue weighted by atomic mass is 16.5. The molecule has 4 rings (SSSR count). The molecule has 0 radical (unpaired) electrons. The Morgan fingerprint density at radius 1 is 1.07 bits per heavy atom. The molecule has 2 aromatic carbocycles. The molecule has 1 N–H and O–H groups in total. The lowest BCUT2D eigenvalue weighted by Crippen LogP contribution is -2.13. The Morgan fingerprint density at radius 3 is 2.57 bits per heavy atom. The van der Waals surface area contributed by atoms with E-state index < -0.39 is 0 Å². The van der Waals surface area contributed by atoms with Gasteiger partial charge >= 0.3 is 0 Å². The average Bonchev–Trinajstić information content (AvgIpc) is 3.41.